The van der Waals surface area contributed by atoms with E-state index in [0.717, 1.165) is 0 Å². The second-order valence-electron chi connectivity index (χ2n) is 5.06. The van der Waals surface area contributed by atoms with Gasteiger partial charge in [0.25, 0.3) is 0 Å². The number of nitrogens with zero attached hydrogens (tertiary/aromatic N) is 1. The molecule has 0 fully saturated rings. The molecule has 0 aliphatic heterocycles. The van der Waals surface area contributed by atoms with E-state index < -0.39 is 0 Å². The Balaban J connectivity index is 2.56. The van der Waals surface area contributed by atoms with Crippen molar-refractivity contribution in [3.63, 3.8) is 0 Å². The van der Waals surface area contributed by atoms with Crippen molar-refractivity contribution in [1.82, 2.24) is 5.32 Å². The van der Waals surface area contributed by atoms with Crippen LogP contribution >= 0.6 is 0 Å². The van der Waals surface area contributed by atoms with Gasteiger partial charge in [-0.3, -0.25) is 0 Å². The average molecular weight is 219 g/mol. The highest BCUT2D eigenvalue weighted by molar-refractivity contribution is 5.78. The number of hydrogen-bond donors (Lipinski definition) is 2. The van der Waals surface area contributed by atoms with Gasteiger partial charge in [0.1, 0.15) is 0 Å². The van der Waals surface area contributed by atoms with Crippen molar-refractivity contribution in [2.75, 3.05) is 0 Å². The van der Waals surface area contributed by atoms with Crippen LogP contribution in [0.15, 0.2) is 29.3 Å². The van der Waals surface area contributed by atoms with E-state index >= 15 is 0 Å². The third-order valence-corrected chi connectivity index (χ3v) is 2.06. The van der Waals surface area contributed by atoms with Crippen molar-refractivity contribution in [1.29, 1.82) is 0 Å². The minimum atomic E-state index is -0.0408. The Morgan fingerprint density at radius 2 is 1.81 bits per heavy atom. The molecule has 0 spiro atoms. The first-order valence-corrected chi connectivity index (χ1v) is 5.50. The van der Waals surface area contributed by atoms with Crippen LogP contribution in [-0.4, -0.2) is 11.5 Å². The third kappa shape index (κ3) is 4.82. The number of hydrogen-bond acceptors (Lipinski definition) is 1. The van der Waals surface area contributed by atoms with Gasteiger partial charge in [-0.05, 0) is 33.3 Å². The van der Waals surface area contributed by atoms with Crippen LogP contribution in [0.5, 0.6) is 0 Å². The first kappa shape index (κ1) is 12.6. The molecule has 0 aliphatic rings. The van der Waals surface area contributed by atoms with Crippen LogP contribution in [0.2, 0.25) is 0 Å². The van der Waals surface area contributed by atoms with Crippen molar-refractivity contribution in [3.8, 4) is 0 Å². The van der Waals surface area contributed by atoms with Crippen LogP contribution in [0, 0.1) is 6.92 Å². The number of guanidine groups is 1. The van der Waals surface area contributed by atoms with Gasteiger partial charge in [0.2, 0.25) is 0 Å². The highest BCUT2D eigenvalue weighted by Crippen LogP contribution is 2.04. The summed E-state index contributed by atoms with van der Waals surface area (Å²) in [5.41, 5.74) is 8.16. The lowest BCUT2D eigenvalue weighted by Crippen LogP contribution is -2.44. The lowest BCUT2D eigenvalue weighted by atomic mass is 10.1. The van der Waals surface area contributed by atoms with Crippen LogP contribution in [-0.2, 0) is 6.54 Å². The van der Waals surface area contributed by atoms with Gasteiger partial charge < -0.3 is 11.1 Å². The predicted molar refractivity (Wildman–Crippen MR) is 69.4 cm³/mol. The molecule has 1 aromatic rings. The zero-order chi connectivity index (χ0) is 12.2. The first-order chi connectivity index (χ1) is 7.37. The van der Waals surface area contributed by atoms with Crippen LogP contribution < -0.4 is 11.1 Å². The molecule has 0 radical (unpaired) electrons. The highest BCUT2D eigenvalue weighted by atomic mass is 15.1. The van der Waals surface area contributed by atoms with E-state index in [1.54, 1.807) is 0 Å². The number of rotatable bonds is 2. The van der Waals surface area contributed by atoms with E-state index in [4.69, 9.17) is 5.73 Å². The van der Waals surface area contributed by atoms with E-state index in [9.17, 15) is 0 Å². The smallest absolute Gasteiger partial charge is 0.189 e. The fourth-order valence-corrected chi connectivity index (χ4v) is 1.29. The Bertz CT molecular complexity index is 358. The molecule has 0 bridgehead atoms. The van der Waals surface area contributed by atoms with E-state index in [0.29, 0.717) is 12.5 Å². The Morgan fingerprint density at radius 1 is 1.25 bits per heavy atom. The molecule has 3 N–H and O–H groups in total. The van der Waals surface area contributed by atoms with Crippen molar-refractivity contribution in [3.05, 3.63) is 35.4 Å². The zero-order valence-electron chi connectivity index (χ0n) is 10.5. The summed E-state index contributed by atoms with van der Waals surface area (Å²) < 4.78 is 0. The van der Waals surface area contributed by atoms with Crippen LogP contribution in [0.3, 0.4) is 0 Å². The molecule has 0 heterocycles. The summed E-state index contributed by atoms with van der Waals surface area (Å²) >= 11 is 0. The molecule has 1 rings (SSSR count). The molecule has 0 saturated heterocycles. The fraction of sp³-hybridized carbons (Fsp3) is 0.462. The molecular weight excluding hydrogens is 198 g/mol. The van der Waals surface area contributed by atoms with E-state index in [1.165, 1.54) is 11.1 Å². The molecule has 0 amide bonds. The minimum absolute atomic E-state index is 0.0408. The largest absolute Gasteiger partial charge is 0.370 e. The van der Waals surface area contributed by atoms with Crippen molar-refractivity contribution >= 4 is 5.96 Å². The fourth-order valence-electron chi connectivity index (χ4n) is 1.29. The minimum Gasteiger partial charge on any atom is -0.370 e. The van der Waals surface area contributed by atoms with E-state index in [-0.39, 0.29) is 5.54 Å². The van der Waals surface area contributed by atoms with E-state index in [1.807, 2.05) is 0 Å². The molecule has 3 nitrogen and oxygen atoms in total. The van der Waals surface area contributed by atoms with Gasteiger partial charge in [-0.2, -0.15) is 0 Å². The van der Waals surface area contributed by atoms with Gasteiger partial charge in [0.15, 0.2) is 5.96 Å². The molecule has 0 aliphatic carbocycles. The molecule has 0 unspecified atom stereocenters. The van der Waals surface area contributed by atoms with Gasteiger partial charge >= 0.3 is 0 Å². The summed E-state index contributed by atoms with van der Waals surface area (Å²) in [5, 5.41) is 3.13. The summed E-state index contributed by atoms with van der Waals surface area (Å²) in [6.45, 7) is 8.86. The molecule has 16 heavy (non-hydrogen) atoms. The van der Waals surface area contributed by atoms with Gasteiger partial charge in [0.05, 0.1) is 6.54 Å². The maximum atomic E-state index is 5.78. The molecule has 0 aromatic heterocycles. The normalized spacial score (nSPS) is 12.6. The molecule has 3 heteroatoms. The van der Waals surface area contributed by atoms with E-state index in [2.05, 4.69) is 62.3 Å². The Morgan fingerprint density at radius 3 is 2.31 bits per heavy atom. The Labute approximate surface area is 97.8 Å². The third-order valence-electron chi connectivity index (χ3n) is 2.06. The Kier molecular flexibility index (Phi) is 3.93. The zero-order valence-corrected chi connectivity index (χ0v) is 10.5. The summed E-state index contributed by atoms with van der Waals surface area (Å²) in [6, 6.07) is 8.31. The van der Waals surface area contributed by atoms with Gasteiger partial charge in [0, 0.05) is 5.54 Å². The van der Waals surface area contributed by atoms with Crippen molar-refractivity contribution in [2.24, 2.45) is 10.7 Å². The average Bonchev–Trinajstić information content (AvgIpc) is 2.14. The standard InChI is InChI=1S/C13H21N3/c1-10-5-7-11(8-6-10)9-15-12(14)16-13(2,3)4/h5-8H,9H2,1-4H3,(H3,14,15,16). The summed E-state index contributed by atoms with van der Waals surface area (Å²) in [6.07, 6.45) is 0. The first-order valence-electron chi connectivity index (χ1n) is 5.50. The molecule has 0 atom stereocenters. The molecular formula is C13H21N3. The quantitative estimate of drug-likeness (QED) is 0.592. The van der Waals surface area contributed by atoms with Crippen LogP contribution in [0.25, 0.3) is 0 Å². The maximum Gasteiger partial charge on any atom is 0.189 e. The van der Waals surface area contributed by atoms with Crippen molar-refractivity contribution in [2.45, 2.75) is 39.8 Å². The summed E-state index contributed by atoms with van der Waals surface area (Å²) in [4.78, 5) is 4.29. The number of aliphatic imine (C=N–C) groups is 1. The lowest BCUT2D eigenvalue weighted by Gasteiger charge is -2.20. The topological polar surface area (TPSA) is 50.4 Å². The molecule has 88 valence electrons. The van der Waals surface area contributed by atoms with Gasteiger partial charge in [-0.1, -0.05) is 29.8 Å². The maximum absolute atomic E-state index is 5.78. The number of benzene rings is 1. The van der Waals surface area contributed by atoms with Crippen LogP contribution in [0.4, 0.5) is 0 Å². The second-order valence-corrected chi connectivity index (χ2v) is 5.06. The lowest BCUT2D eigenvalue weighted by molar-refractivity contribution is 0.508. The summed E-state index contributed by atoms with van der Waals surface area (Å²) in [7, 11) is 0. The monoisotopic (exact) mass is 219 g/mol. The number of aryl methyl sites for hydroxylation is 1. The van der Waals surface area contributed by atoms with Gasteiger partial charge in [-0.15, -0.1) is 0 Å². The predicted octanol–water partition coefficient (Wildman–Crippen LogP) is 2.20. The molecule has 0 saturated carbocycles. The van der Waals surface area contributed by atoms with Crippen LogP contribution in [0.1, 0.15) is 31.9 Å². The second kappa shape index (κ2) is 5.01. The van der Waals surface area contributed by atoms with Gasteiger partial charge in [-0.25, -0.2) is 4.99 Å². The number of nitrogens with two attached hydrogens (primary N) is 1. The highest BCUT2D eigenvalue weighted by Gasteiger charge is 2.09. The molecule has 1 aromatic carbocycles. The SMILES string of the molecule is Cc1ccc(CN=C(N)NC(C)(C)C)cc1. The van der Waals surface area contributed by atoms with Crippen molar-refractivity contribution < 1.29 is 0 Å². The Hall–Kier alpha value is -1.51. The summed E-state index contributed by atoms with van der Waals surface area (Å²) in [5.74, 6) is 0.494. The number of nitrogens with one attached hydrogen (secondary N) is 1.